The molecule has 1 aromatic rings. The molecule has 0 spiro atoms. The summed E-state index contributed by atoms with van der Waals surface area (Å²) in [6.45, 7) is 8.46. The zero-order valence-corrected chi connectivity index (χ0v) is 12.8. The van der Waals surface area contributed by atoms with Crippen LogP contribution in [0.3, 0.4) is 0 Å². The lowest BCUT2D eigenvalue weighted by Crippen LogP contribution is -2.27. The first-order valence-corrected chi connectivity index (χ1v) is 7.40. The quantitative estimate of drug-likeness (QED) is 0.702. The molecule has 1 aliphatic heterocycles. The van der Waals surface area contributed by atoms with Crippen molar-refractivity contribution in [2.75, 3.05) is 7.05 Å². The van der Waals surface area contributed by atoms with Crippen LogP contribution in [0.2, 0.25) is 0 Å². The van der Waals surface area contributed by atoms with Gasteiger partial charge in [-0.1, -0.05) is 56.2 Å². The van der Waals surface area contributed by atoms with Crippen molar-refractivity contribution in [3.05, 3.63) is 53.7 Å². The van der Waals surface area contributed by atoms with E-state index in [9.17, 15) is 0 Å². The topological polar surface area (TPSA) is 15.6 Å². The number of likely N-dealkylation sites (N-methyl/N-ethyl adjacent to an activating group) is 1. The van der Waals surface area contributed by atoms with Crippen LogP contribution >= 0.6 is 0 Å². The van der Waals surface area contributed by atoms with Crippen LogP contribution in [0.1, 0.15) is 43.7 Å². The number of hydrogen-bond acceptors (Lipinski definition) is 2. The zero-order valence-electron chi connectivity index (χ0n) is 12.8. The Hall–Kier alpha value is -1.83. The third kappa shape index (κ3) is 3.38. The highest BCUT2D eigenvalue weighted by atomic mass is 15.2. The Morgan fingerprint density at radius 3 is 2.50 bits per heavy atom. The van der Waals surface area contributed by atoms with Gasteiger partial charge in [0, 0.05) is 24.7 Å². The van der Waals surface area contributed by atoms with E-state index in [4.69, 9.17) is 4.99 Å². The number of allylic oxidation sites excluding steroid dienone is 1. The molecule has 0 bridgehead atoms. The summed E-state index contributed by atoms with van der Waals surface area (Å²) in [5.41, 5.74) is 4.48. The molecule has 2 nitrogen and oxygen atoms in total. The Bertz CT molecular complexity index is 535. The average molecular weight is 268 g/mol. The lowest BCUT2D eigenvalue weighted by atomic mass is 10.1. The van der Waals surface area contributed by atoms with Crippen molar-refractivity contribution in [1.29, 1.82) is 0 Å². The minimum atomic E-state index is 1.02. The highest BCUT2D eigenvalue weighted by molar-refractivity contribution is 5.92. The standard InChI is InChI=1S/C18H24N2/c1-5-6-7-8-18-19-17(13-15(3)20(18)4)16-11-9-14(2)10-12-16/h9-13H,3,5-8H2,1-2,4H3. The molecule has 0 saturated carbocycles. The maximum Gasteiger partial charge on any atom is 0.109 e. The van der Waals surface area contributed by atoms with Gasteiger partial charge in [-0.05, 0) is 19.4 Å². The second-order valence-corrected chi connectivity index (χ2v) is 5.43. The fraction of sp³-hybridized carbons (Fsp3) is 0.389. The summed E-state index contributed by atoms with van der Waals surface area (Å²) in [5, 5.41) is 0. The molecule has 20 heavy (non-hydrogen) atoms. The summed E-state index contributed by atoms with van der Waals surface area (Å²) in [6, 6.07) is 8.52. The molecular formula is C18H24N2. The van der Waals surface area contributed by atoms with Gasteiger partial charge in [0.15, 0.2) is 0 Å². The zero-order chi connectivity index (χ0) is 14.5. The lowest BCUT2D eigenvalue weighted by molar-refractivity contribution is 0.607. The number of nitrogens with zero attached hydrogens (tertiary/aromatic N) is 2. The van der Waals surface area contributed by atoms with Crippen LogP contribution in [0.25, 0.3) is 5.70 Å². The molecule has 1 aromatic carbocycles. The van der Waals surface area contributed by atoms with E-state index in [0.717, 1.165) is 29.2 Å². The van der Waals surface area contributed by atoms with E-state index in [1.165, 1.54) is 24.8 Å². The second-order valence-electron chi connectivity index (χ2n) is 5.43. The molecule has 0 atom stereocenters. The van der Waals surface area contributed by atoms with Gasteiger partial charge in [0.05, 0.1) is 5.70 Å². The minimum Gasteiger partial charge on any atom is -0.333 e. The smallest absolute Gasteiger partial charge is 0.109 e. The molecule has 0 unspecified atom stereocenters. The number of aryl methyl sites for hydroxylation is 1. The second kappa shape index (κ2) is 6.56. The molecule has 106 valence electrons. The summed E-state index contributed by atoms with van der Waals surface area (Å²) < 4.78 is 0. The van der Waals surface area contributed by atoms with E-state index in [0.29, 0.717) is 0 Å². The fourth-order valence-corrected chi connectivity index (χ4v) is 2.30. The Kier molecular flexibility index (Phi) is 4.78. The Balaban J connectivity index is 2.22. The molecule has 0 fully saturated rings. The van der Waals surface area contributed by atoms with Gasteiger partial charge in [-0.2, -0.15) is 0 Å². The molecule has 0 radical (unpaired) electrons. The Morgan fingerprint density at radius 1 is 1.15 bits per heavy atom. The predicted molar refractivity (Wildman–Crippen MR) is 87.6 cm³/mol. The average Bonchev–Trinajstić information content (AvgIpc) is 2.44. The van der Waals surface area contributed by atoms with Crippen molar-refractivity contribution in [2.45, 2.75) is 39.5 Å². The molecule has 0 aliphatic carbocycles. The van der Waals surface area contributed by atoms with Crippen LogP contribution in [0.4, 0.5) is 0 Å². The van der Waals surface area contributed by atoms with Crippen LogP contribution in [0, 0.1) is 6.92 Å². The van der Waals surface area contributed by atoms with E-state index in [2.05, 4.69) is 62.7 Å². The molecular weight excluding hydrogens is 244 g/mol. The van der Waals surface area contributed by atoms with Gasteiger partial charge in [0.25, 0.3) is 0 Å². The van der Waals surface area contributed by atoms with Gasteiger partial charge < -0.3 is 4.90 Å². The van der Waals surface area contributed by atoms with Gasteiger partial charge in [-0.25, -0.2) is 4.99 Å². The van der Waals surface area contributed by atoms with Gasteiger partial charge in [-0.3, -0.25) is 0 Å². The van der Waals surface area contributed by atoms with Crippen molar-refractivity contribution in [1.82, 2.24) is 4.90 Å². The number of rotatable bonds is 5. The molecule has 1 aliphatic rings. The maximum absolute atomic E-state index is 4.83. The third-order valence-corrected chi connectivity index (χ3v) is 3.72. The number of amidine groups is 1. The van der Waals surface area contributed by atoms with Gasteiger partial charge in [0.1, 0.15) is 5.84 Å². The van der Waals surface area contributed by atoms with Crippen LogP contribution in [-0.2, 0) is 0 Å². The monoisotopic (exact) mass is 268 g/mol. The largest absolute Gasteiger partial charge is 0.333 e. The van der Waals surface area contributed by atoms with Crippen LogP contribution in [-0.4, -0.2) is 17.8 Å². The Labute approximate surface area is 122 Å². The van der Waals surface area contributed by atoms with Crippen molar-refractivity contribution >= 4 is 11.5 Å². The summed E-state index contributed by atoms with van der Waals surface area (Å²) in [5.74, 6) is 1.13. The van der Waals surface area contributed by atoms with Gasteiger partial charge >= 0.3 is 0 Å². The number of aliphatic imine (C=N–C) groups is 1. The molecule has 0 saturated heterocycles. The van der Waals surface area contributed by atoms with Crippen molar-refractivity contribution in [3.8, 4) is 0 Å². The van der Waals surface area contributed by atoms with E-state index in [-0.39, 0.29) is 0 Å². The summed E-state index contributed by atoms with van der Waals surface area (Å²) >= 11 is 0. The summed E-state index contributed by atoms with van der Waals surface area (Å²) in [4.78, 5) is 6.93. The van der Waals surface area contributed by atoms with E-state index in [1.807, 2.05) is 0 Å². The SMILES string of the molecule is C=C1C=C(c2ccc(C)cc2)N=C(CCCCC)N1C. The van der Waals surface area contributed by atoms with Crippen molar-refractivity contribution in [3.63, 3.8) is 0 Å². The minimum absolute atomic E-state index is 1.02. The molecule has 2 rings (SSSR count). The van der Waals surface area contributed by atoms with Gasteiger partial charge in [-0.15, -0.1) is 0 Å². The first-order valence-electron chi connectivity index (χ1n) is 7.40. The van der Waals surface area contributed by atoms with Gasteiger partial charge in [0.2, 0.25) is 0 Å². The van der Waals surface area contributed by atoms with Crippen LogP contribution in [0.15, 0.2) is 47.6 Å². The van der Waals surface area contributed by atoms with E-state index in [1.54, 1.807) is 0 Å². The number of benzene rings is 1. The van der Waals surface area contributed by atoms with Crippen LogP contribution in [0.5, 0.6) is 0 Å². The molecule has 2 heteroatoms. The maximum atomic E-state index is 4.83. The van der Waals surface area contributed by atoms with Crippen molar-refractivity contribution < 1.29 is 0 Å². The first-order chi connectivity index (χ1) is 9.61. The summed E-state index contributed by atoms with van der Waals surface area (Å²) in [6.07, 6.45) is 6.76. The third-order valence-electron chi connectivity index (χ3n) is 3.72. The Morgan fingerprint density at radius 2 is 1.85 bits per heavy atom. The number of unbranched alkanes of at least 4 members (excludes halogenated alkanes) is 2. The highest BCUT2D eigenvalue weighted by Crippen LogP contribution is 2.25. The predicted octanol–water partition coefficient (Wildman–Crippen LogP) is 4.77. The van der Waals surface area contributed by atoms with E-state index < -0.39 is 0 Å². The highest BCUT2D eigenvalue weighted by Gasteiger charge is 2.15. The summed E-state index contributed by atoms with van der Waals surface area (Å²) in [7, 11) is 2.05. The van der Waals surface area contributed by atoms with Crippen molar-refractivity contribution in [2.24, 2.45) is 4.99 Å². The fourth-order valence-electron chi connectivity index (χ4n) is 2.30. The van der Waals surface area contributed by atoms with E-state index >= 15 is 0 Å². The number of hydrogen-bond donors (Lipinski definition) is 0. The first kappa shape index (κ1) is 14.6. The molecule has 0 amide bonds. The van der Waals surface area contributed by atoms with Crippen LogP contribution < -0.4 is 0 Å². The molecule has 0 N–H and O–H groups in total. The molecule has 1 heterocycles. The normalized spacial score (nSPS) is 15.2. The lowest BCUT2D eigenvalue weighted by Gasteiger charge is -2.26. The molecule has 0 aromatic heterocycles.